The van der Waals surface area contributed by atoms with Crippen molar-refractivity contribution in [2.45, 2.75) is 39.2 Å². The van der Waals surface area contributed by atoms with Crippen LogP contribution in [0.25, 0.3) is 0 Å². The maximum absolute atomic E-state index is 11.8. The molecule has 0 aliphatic rings. The van der Waals surface area contributed by atoms with Crippen LogP contribution in [-0.4, -0.2) is 18.5 Å². The van der Waals surface area contributed by atoms with Gasteiger partial charge in [0.2, 0.25) is 0 Å². The lowest BCUT2D eigenvalue weighted by molar-refractivity contribution is -0.137. The van der Waals surface area contributed by atoms with Crippen molar-refractivity contribution in [2.24, 2.45) is 0 Å². The van der Waals surface area contributed by atoms with Gasteiger partial charge in [0.15, 0.2) is 11.4 Å². The minimum atomic E-state index is -1.30. The molecule has 104 valence electrons. The minimum Gasteiger partial charge on any atom is -0.434 e. The quantitative estimate of drug-likeness (QED) is 0.583. The van der Waals surface area contributed by atoms with Crippen LogP contribution in [-0.2, 0) is 19.9 Å². The molecular formula is C15H20O4. The van der Waals surface area contributed by atoms with Gasteiger partial charge in [-0.2, -0.15) is 0 Å². The van der Waals surface area contributed by atoms with Gasteiger partial charge in [-0.05, 0) is 20.3 Å². The second kappa shape index (κ2) is 6.92. The van der Waals surface area contributed by atoms with Crippen molar-refractivity contribution in [2.75, 3.05) is 6.61 Å². The highest BCUT2D eigenvalue weighted by Crippen LogP contribution is 2.27. The van der Waals surface area contributed by atoms with E-state index in [0.717, 1.165) is 12.8 Å². The van der Waals surface area contributed by atoms with Crippen LogP contribution in [0.3, 0.4) is 0 Å². The number of carbonyl (C=O) groups excluding carboxylic acids is 2. The zero-order valence-electron chi connectivity index (χ0n) is 11.6. The summed E-state index contributed by atoms with van der Waals surface area (Å²) in [5, 5.41) is 0. The number of rotatable bonds is 6. The number of unbranched alkanes of at least 4 members (excludes halogenated alkanes) is 1. The highest BCUT2D eigenvalue weighted by atomic mass is 16.7. The largest absolute Gasteiger partial charge is 0.509 e. The van der Waals surface area contributed by atoms with Crippen molar-refractivity contribution in [3.63, 3.8) is 0 Å². The van der Waals surface area contributed by atoms with Gasteiger partial charge >= 0.3 is 6.16 Å². The van der Waals surface area contributed by atoms with Gasteiger partial charge in [-0.1, -0.05) is 43.7 Å². The molecule has 4 nitrogen and oxygen atoms in total. The van der Waals surface area contributed by atoms with Gasteiger partial charge in [0.1, 0.15) is 0 Å². The molecule has 0 saturated carbocycles. The Kier molecular flexibility index (Phi) is 5.55. The Morgan fingerprint density at radius 2 is 1.84 bits per heavy atom. The average Bonchev–Trinajstić information content (AvgIpc) is 2.39. The number of Topliss-reactive ketones (excluding diaryl/α,β-unsaturated/α-hetero) is 1. The molecule has 0 aliphatic heterocycles. The molecule has 4 heteroatoms. The van der Waals surface area contributed by atoms with Crippen LogP contribution in [0.2, 0.25) is 0 Å². The second-order valence-electron chi connectivity index (χ2n) is 4.51. The van der Waals surface area contributed by atoms with E-state index in [1.54, 1.807) is 31.2 Å². The van der Waals surface area contributed by atoms with Crippen molar-refractivity contribution in [1.82, 2.24) is 0 Å². The van der Waals surface area contributed by atoms with Crippen LogP contribution in [0.5, 0.6) is 0 Å². The molecule has 1 rings (SSSR count). The van der Waals surface area contributed by atoms with E-state index in [1.807, 2.05) is 13.0 Å². The summed E-state index contributed by atoms with van der Waals surface area (Å²) in [6.07, 6.45) is 0.891. The minimum absolute atomic E-state index is 0.244. The zero-order valence-corrected chi connectivity index (χ0v) is 11.6. The molecule has 0 amide bonds. The fourth-order valence-corrected chi connectivity index (χ4v) is 1.59. The Bertz CT molecular complexity index is 427. The molecule has 1 unspecified atom stereocenters. The van der Waals surface area contributed by atoms with Gasteiger partial charge in [-0.3, -0.25) is 4.79 Å². The lowest BCUT2D eigenvalue weighted by Gasteiger charge is -2.26. The molecule has 0 fully saturated rings. The van der Waals surface area contributed by atoms with Gasteiger partial charge in [0.25, 0.3) is 0 Å². The van der Waals surface area contributed by atoms with Crippen LogP contribution in [0.4, 0.5) is 4.79 Å². The van der Waals surface area contributed by atoms with Crippen LogP contribution < -0.4 is 0 Å². The molecule has 0 aliphatic carbocycles. The first kappa shape index (κ1) is 15.2. The number of hydrogen-bond donors (Lipinski definition) is 0. The van der Waals surface area contributed by atoms with Gasteiger partial charge in [-0.15, -0.1) is 0 Å². The van der Waals surface area contributed by atoms with Crippen LogP contribution in [0.1, 0.15) is 39.2 Å². The SMILES string of the molecule is CCCCOC(=O)OC(C)(C(C)=O)c1ccccc1. The number of ether oxygens (including phenoxy) is 2. The van der Waals surface area contributed by atoms with Gasteiger partial charge in [0, 0.05) is 5.56 Å². The van der Waals surface area contributed by atoms with Gasteiger partial charge in [-0.25, -0.2) is 4.79 Å². The Morgan fingerprint density at radius 3 is 2.37 bits per heavy atom. The fourth-order valence-electron chi connectivity index (χ4n) is 1.59. The zero-order chi connectivity index (χ0) is 14.3. The van der Waals surface area contributed by atoms with E-state index in [-0.39, 0.29) is 5.78 Å². The molecule has 1 aromatic carbocycles. The maximum atomic E-state index is 11.8. The summed E-state index contributed by atoms with van der Waals surface area (Å²) < 4.78 is 10.2. The average molecular weight is 264 g/mol. The molecule has 0 heterocycles. The van der Waals surface area contributed by atoms with E-state index in [2.05, 4.69) is 0 Å². The topological polar surface area (TPSA) is 52.6 Å². The highest BCUT2D eigenvalue weighted by molar-refractivity contribution is 5.87. The molecule has 0 spiro atoms. The molecule has 19 heavy (non-hydrogen) atoms. The molecule has 0 aromatic heterocycles. The third kappa shape index (κ3) is 4.09. The third-order valence-electron chi connectivity index (χ3n) is 3.00. The van der Waals surface area contributed by atoms with Crippen molar-refractivity contribution in [3.05, 3.63) is 35.9 Å². The Balaban J connectivity index is 2.78. The second-order valence-corrected chi connectivity index (χ2v) is 4.51. The van der Waals surface area contributed by atoms with E-state index >= 15 is 0 Å². The van der Waals surface area contributed by atoms with Crippen LogP contribution in [0.15, 0.2) is 30.3 Å². The summed E-state index contributed by atoms with van der Waals surface area (Å²) in [5.41, 5.74) is -0.667. The van der Waals surface area contributed by atoms with Crippen molar-refractivity contribution < 1.29 is 19.1 Å². The molecule has 0 saturated heterocycles. The Hall–Kier alpha value is -1.84. The summed E-state index contributed by atoms with van der Waals surface area (Å²) in [5.74, 6) is -0.244. The number of ketones is 1. The van der Waals surface area contributed by atoms with E-state index in [9.17, 15) is 9.59 Å². The standard InChI is InChI=1S/C15H20O4/c1-4-5-11-18-14(17)19-15(3,12(2)16)13-9-7-6-8-10-13/h6-10H,4-5,11H2,1-3H3. The predicted molar refractivity (Wildman–Crippen MR) is 71.8 cm³/mol. The van der Waals surface area contributed by atoms with E-state index in [1.165, 1.54) is 6.92 Å². The number of carbonyl (C=O) groups is 2. The first-order valence-corrected chi connectivity index (χ1v) is 6.43. The third-order valence-corrected chi connectivity index (χ3v) is 3.00. The van der Waals surface area contributed by atoms with Crippen molar-refractivity contribution in [3.8, 4) is 0 Å². The van der Waals surface area contributed by atoms with Gasteiger partial charge in [0.05, 0.1) is 6.61 Å². The highest BCUT2D eigenvalue weighted by Gasteiger charge is 2.36. The van der Waals surface area contributed by atoms with E-state index in [0.29, 0.717) is 12.2 Å². The van der Waals surface area contributed by atoms with E-state index in [4.69, 9.17) is 9.47 Å². The molecular weight excluding hydrogens is 244 g/mol. The Labute approximate surface area is 113 Å². The molecule has 0 radical (unpaired) electrons. The van der Waals surface area contributed by atoms with Gasteiger partial charge < -0.3 is 9.47 Å². The fraction of sp³-hybridized carbons (Fsp3) is 0.467. The van der Waals surface area contributed by atoms with Crippen molar-refractivity contribution in [1.29, 1.82) is 0 Å². The smallest absolute Gasteiger partial charge is 0.434 e. The molecule has 1 aromatic rings. The lowest BCUT2D eigenvalue weighted by Crippen LogP contribution is -2.36. The summed E-state index contributed by atoms with van der Waals surface area (Å²) >= 11 is 0. The summed E-state index contributed by atoms with van der Waals surface area (Å²) in [7, 11) is 0. The summed E-state index contributed by atoms with van der Waals surface area (Å²) in [4.78, 5) is 23.4. The Morgan fingerprint density at radius 1 is 1.21 bits per heavy atom. The van der Waals surface area contributed by atoms with Crippen molar-refractivity contribution >= 4 is 11.9 Å². The molecule has 0 bridgehead atoms. The van der Waals surface area contributed by atoms with Crippen LogP contribution >= 0.6 is 0 Å². The monoisotopic (exact) mass is 264 g/mol. The molecule has 1 atom stereocenters. The van der Waals surface area contributed by atoms with Crippen LogP contribution in [0, 0.1) is 0 Å². The number of hydrogen-bond acceptors (Lipinski definition) is 4. The predicted octanol–water partition coefficient (Wildman–Crippen LogP) is 3.44. The first-order chi connectivity index (χ1) is 9.00. The normalized spacial score (nSPS) is 13.4. The number of benzene rings is 1. The molecule has 0 N–H and O–H groups in total. The maximum Gasteiger partial charge on any atom is 0.509 e. The summed E-state index contributed by atoms with van der Waals surface area (Å²) in [6.45, 7) is 5.27. The summed E-state index contributed by atoms with van der Waals surface area (Å²) in [6, 6.07) is 8.93. The lowest BCUT2D eigenvalue weighted by atomic mass is 9.92. The first-order valence-electron chi connectivity index (χ1n) is 6.43. The van der Waals surface area contributed by atoms with E-state index < -0.39 is 11.8 Å².